The molecule has 0 radical (unpaired) electrons. The van der Waals surface area contributed by atoms with Gasteiger partial charge in [-0.15, -0.1) is 24.0 Å². The molecule has 0 unspecified atom stereocenters. The van der Waals surface area contributed by atoms with Gasteiger partial charge in [0.25, 0.3) is 0 Å². The number of likely N-dealkylation sites (tertiary alicyclic amines) is 1. The van der Waals surface area contributed by atoms with E-state index in [1.165, 1.54) is 5.56 Å². The van der Waals surface area contributed by atoms with E-state index < -0.39 is 0 Å². The Labute approximate surface area is 179 Å². The number of halogens is 1. The van der Waals surface area contributed by atoms with Crippen LogP contribution in [0.4, 0.5) is 0 Å². The molecule has 1 saturated heterocycles. The Morgan fingerprint density at radius 2 is 1.85 bits per heavy atom. The van der Waals surface area contributed by atoms with Crippen LogP contribution in [0.25, 0.3) is 0 Å². The van der Waals surface area contributed by atoms with Crippen LogP contribution < -0.4 is 10.6 Å². The number of rotatable bonds is 5. The zero-order valence-corrected chi connectivity index (χ0v) is 18.5. The van der Waals surface area contributed by atoms with Gasteiger partial charge in [0, 0.05) is 38.4 Å². The second-order valence-electron chi connectivity index (χ2n) is 6.88. The molecule has 1 aliphatic rings. The molecular weight excluding hydrogens is 449 g/mol. The number of pyridine rings is 1. The summed E-state index contributed by atoms with van der Waals surface area (Å²) in [5.41, 5.74) is 3.46. The molecule has 1 aromatic heterocycles. The number of guanidine groups is 1. The lowest BCUT2D eigenvalue weighted by Crippen LogP contribution is -2.48. The first kappa shape index (κ1) is 21.6. The van der Waals surface area contributed by atoms with E-state index in [2.05, 4.69) is 55.8 Å². The van der Waals surface area contributed by atoms with Crippen LogP contribution in [0.1, 0.15) is 29.8 Å². The third kappa shape index (κ3) is 7.10. The highest BCUT2D eigenvalue weighted by Crippen LogP contribution is 2.13. The molecule has 0 amide bonds. The van der Waals surface area contributed by atoms with Crippen LogP contribution in [-0.2, 0) is 13.1 Å². The Bertz CT molecular complexity index is 712. The van der Waals surface area contributed by atoms with Gasteiger partial charge < -0.3 is 10.6 Å². The number of aryl methyl sites for hydroxylation is 1. The van der Waals surface area contributed by atoms with E-state index in [1.807, 2.05) is 32.2 Å². The second-order valence-corrected chi connectivity index (χ2v) is 6.88. The van der Waals surface area contributed by atoms with Crippen molar-refractivity contribution in [2.75, 3.05) is 20.1 Å². The van der Waals surface area contributed by atoms with Gasteiger partial charge in [0.1, 0.15) is 0 Å². The molecule has 2 N–H and O–H groups in total. The van der Waals surface area contributed by atoms with E-state index in [0.717, 1.165) is 49.8 Å². The molecule has 1 aliphatic heterocycles. The van der Waals surface area contributed by atoms with Crippen LogP contribution in [0.5, 0.6) is 0 Å². The highest BCUT2D eigenvalue weighted by Gasteiger charge is 2.20. The maximum atomic E-state index is 4.52. The first-order valence-electron chi connectivity index (χ1n) is 9.39. The van der Waals surface area contributed by atoms with Crippen molar-refractivity contribution in [1.29, 1.82) is 0 Å². The van der Waals surface area contributed by atoms with E-state index >= 15 is 0 Å². The van der Waals surface area contributed by atoms with Crippen molar-refractivity contribution in [3.8, 4) is 0 Å². The molecule has 1 aromatic carbocycles. The van der Waals surface area contributed by atoms with Crippen molar-refractivity contribution in [3.63, 3.8) is 0 Å². The topological polar surface area (TPSA) is 52.6 Å². The van der Waals surface area contributed by atoms with E-state index in [4.69, 9.17) is 0 Å². The summed E-state index contributed by atoms with van der Waals surface area (Å²) in [6.45, 7) is 5.97. The molecule has 146 valence electrons. The number of aliphatic imine (C=N–C) groups is 1. The van der Waals surface area contributed by atoms with Crippen molar-refractivity contribution in [1.82, 2.24) is 20.5 Å². The average molecular weight is 479 g/mol. The SMILES string of the molecule is CN=C(NCc1cccc(C)n1)NC1CCN(Cc2ccccc2)CC1.I. The monoisotopic (exact) mass is 479 g/mol. The number of nitrogens with zero attached hydrogens (tertiary/aromatic N) is 3. The number of hydrogen-bond donors (Lipinski definition) is 2. The Hall–Kier alpha value is -1.67. The van der Waals surface area contributed by atoms with Crippen LogP contribution in [0, 0.1) is 6.92 Å². The van der Waals surface area contributed by atoms with Crippen molar-refractivity contribution in [2.24, 2.45) is 4.99 Å². The van der Waals surface area contributed by atoms with E-state index in [9.17, 15) is 0 Å². The Morgan fingerprint density at radius 1 is 1.11 bits per heavy atom. The number of nitrogens with one attached hydrogen (secondary N) is 2. The molecule has 0 atom stereocenters. The lowest BCUT2D eigenvalue weighted by molar-refractivity contribution is 0.198. The Balaban J connectivity index is 0.00000261. The summed E-state index contributed by atoms with van der Waals surface area (Å²) in [4.78, 5) is 11.4. The smallest absolute Gasteiger partial charge is 0.191 e. The molecule has 6 heteroatoms. The highest BCUT2D eigenvalue weighted by atomic mass is 127. The standard InChI is InChI=1S/C21H29N5.HI/c1-17-7-6-10-20(24-17)15-23-21(22-2)25-19-11-13-26(14-12-19)16-18-8-4-3-5-9-18;/h3-10,19H,11-16H2,1-2H3,(H2,22,23,25);1H. The summed E-state index contributed by atoms with van der Waals surface area (Å²) in [6.07, 6.45) is 2.27. The van der Waals surface area contributed by atoms with Gasteiger partial charge in [0.15, 0.2) is 5.96 Å². The zero-order chi connectivity index (χ0) is 18.2. The molecule has 1 fully saturated rings. The molecule has 27 heavy (non-hydrogen) atoms. The number of piperidine rings is 1. The van der Waals surface area contributed by atoms with Gasteiger partial charge >= 0.3 is 0 Å². The minimum atomic E-state index is 0. The third-order valence-electron chi connectivity index (χ3n) is 4.78. The quantitative estimate of drug-likeness (QED) is 0.393. The van der Waals surface area contributed by atoms with Crippen molar-refractivity contribution >= 4 is 29.9 Å². The molecule has 0 saturated carbocycles. The van der Waals surface area contributed by atoms with Gasteiger partial charge in [-0.05, 0) is 37.5 Å². The summed E-state index contributed by atoms with van der Waals surface area (Å²) >= 11 is 0. The molecule has 0 spiro atoms. The highest BCUT2D eigenvalue weighted by molar-refractivity contribution is 14.0. The second kappa shape index (κ2) is 11.2. The molecule has 2 aromatic rings. The fraction of sp³-hybridized carbons (Fsp3) is 0.429. The lowest BCUT2D eigenvalue weighted by atomic mass is 10.0. The third-order valence-corrected chi connectivity index (χ3v) is 4.78. The minimum Gasteiger partial charge on any atom is -0.354 e. The summed E-state index contributed by atoms with van der Waals surface area (Å²) in [6, 6.07) is 17.3. The van der Waals surface area contributed by atoms with E-state index in [0.29, 0.717) is 12.6 Å². The van der Waals surface area contributed by atoms with Crippen LogP contribution in [0.3, 0.4) is 0 Å². The summed E-state index contributed by atoms with van der Waals surface area (Å²) in [7, 11) is 1.82. The van der Waals surface area contributed by atoms with Gasteiger partial charge in [-0.2, -0.15) is 0 Å². The summed E-state index contributed by atoms with van der Waals surface area (Å²) in [5.74, 6) is 0.856. The van der Waals surface area contributed by atoms with Gasteiger partial charge in [0.2, 0.25) is 0 Å². The van der Waals surface area contributed by atoms with Crippen LogP contribution in [-0.4, -0.2) is 42.0 Å². The predicted octanol–water partition coefficient (Wildman–Crippen LogP) is 3.34. The average Bonchev–Trinajstić information content (AvgIpc) is 2.67. The van der Waals surface area contributed by atoms with Crippen LogP contribution in [0.15, 0.2) is 53.5 Å². The minimum absolute atomic E-state index is 0. The Morgan fingerprint density at radius 3 is 2.52 bits per heavy atom. The first-order chi connectivity index (χ1) is 12.7. The van der Waals surface area contributed by atoms with Gasteiger partial charge in [0.05, 0.1) is 12.2 Å². The largest absolute Gasteiger partial charge is 0.354 e. The van der Waals surface area contributed by atoms with E-state index in [1.54, 1.807) is 0 Å². The van der Waals surface area contributed by atoms with E-state index in [-0.39, 0.29) is 24.0 Å². The van der Waals surface area contributed by atoms with Crippen LogP contribution in [0.2, 0.25) is 0 Å². The zero-order valence-electron chi connectivity index (χ0n) is 16.2. The van der Waals surface area contributed by atoms with Crippen molar-refractivity contribution < 1.29 is 0 Å². The van der Waals surface area contributed by atoms with Crippen molar-refractivity contribution in [3.05, 3.63) is 65.5 Å². The summed E-state index contributed by atoms with van der Waals surface area (Å²) < 4.78 is 0. The molecule has 5 nitrogen and oxygen atoms in total. The normalized spacial score (nSPS) is 15.9. The Kier molecular flexibility index (Phi) is 9.00. The molecule has 2 heterocycles. The number of hydrogen-bond acceptors (Lipinski definition) is 3. The number of benzene rings is 1. The fourth-order valence-corrected chi connectivity index (χ4v) is 3.34. The first-order valence-corrected chi connectivity index (χ1v) is 9.39. The number of aromatic nitrogens is 1. The molecular formula is C21H30IN5. The predicted molar refractivity (Wildman–Crippen MR) is 122 cm³/mol. The maximum Gasteiger partial charge on any atom is 0.191 e. The van der Waals surface area contributed by atoms with Crippen molar-refractivity contribution in [2.45, 2.75) is 38.9 Å². The summed E-state index contributed by atoms with van der Waals surface area (Å²) in [5, 5.41) is 6.93. The lowest BCUT2D eigenvalue weighted by Gasteiger charge is -2.33. The molecule has 0 bridgehead atoms. The molecule has 3 rings (SSSR count). The molecule has 0 aliphatic carbocycles. The van der Waals surface area contributed by atoms with Gasteiger partial charge in [-0.1, -0.05) is 36.4 Å². The van der Waals surface area contributed by atoms with Gasteiger partial charge in [-0.3, -0.25) is 14.9 Å². The fourth-order valence-electron chi connectivity index (χ4n) is 3.34. The van der Waals surface area contributed by atoms with Crippen LogP contribution >= 0.6 is 24.0 Å². The maximum absolute atomic E-state index is 4.52. The van der Waals surface area contributed by atoms with Gasteiger partial charge in [-0.25, -0.2) is 0 Å².